The van der Waals surface area contributed by atoms with E-state index in [1.807, 2.05) is 26.8 Å². The monoisotopic (exact) mass is 167 g/mol. The van der Waals surface area contributed by atoms with Crippen molar-refractivity contribution in [2.45, 2.75) is 25.7 Å². The SMILES string of the molecule is Cc1cc([S])c(C)c(C)c1O. The summed E-state index contributed by atoms with van der Waals surface area (Å²) in [5, 5.41) is 9.47. The topological polar surface area (TPSA) is 20.2 Å². The quantitative estimate of drug-likeness (QED) is 0.630. The zero-order valence-corrected chi connectivity index (χ0v) is 7.75. The lowest BCUT2D eigenvalue weighted by atomic mass is 10.1. The van der Waals surface area contributed by atoms with Crippen molar-refractivity contribution in [2.75, 3.05) is 0 Å². The maximum atomic E-state index is 9.47. The first kappa shape index (κ1) is 8.34. The predicted molar refractivity (Wildman–Crippen MR) is 48.2 cm³/mol. The maximum absolute atomic E-state index is 9.47. The van der Waals surface area contributed by atoms with E-state index in [4.69, 9.17) is 12.6 Å². The molecule has 11 heavy (non-hydrogen) atoms. The summed E-state index contributed by atoms with van der Waals surface area (Å²) in [4.78, 5) is 0.831. The number of hydrogen-bond donors (Lipinski definition) is 1. The van der Waals surface area contributed by atoms with Gasteiger partial charge in [-0.3, -0.25) is 0 Å². The molecule has 1 aromatic carbocycles. The Kier molecular flexibility index (Phi) is 2.05. The molecule has 1 N–H and O–H groups in total. The summed E-state index contributed by atoms with van der Waals surface area (Å²) in [5.74, 6) is 0.371. The first-order valence-electron chi connectivity index (χ1n) is 3.51. The fourth-order valence-electron chi connectivity index (χ4n) is 1.03. The van der Waals surface area contributed by atoms with E-state index >= 15 is 0 Å². The lowest BCUT2D eigenvalue weighted by Crippen LogP contribution is -1.87. The summed E-state index contributed by atoms with van der Waals surface area (Å²) in [6, 6.07) is 1.83. The minimum atomic E-state index is 0.371. The first-order chi connectivity index (χ1) is 5.04. The summed E-state index contributed by atoms with van der Waals surface area (Å²) in [6.45, 7) is 5.67. The first-order valence-corrected chi connectivity index (χ1v) is 3.91. The van der Waals surface area contributed by atoms with Crippen molar-refractivity contribution in [1.82, 2.24) is 0 Å². The minimum Gasteiger partial charge on any atom is -0.507 e. The molecule has 1 nitrogen and oxygen atoms in total. The fraction of sp³-hybridized carbons (Fsp3) is 0.333. The van der Waals surface area contributed by atoms with Gasteiger partial charge in [0.1, 0.15) is 5.75 Å². The normalized spacial score (nSPS) is 10.1. The largest absolute Gasteiger partial charge is 0.507 e. The average Bonchev–Trinajstić information content (AvgIpc) is 1.97. The van der Waals surface area contributed by atoms with Crippen LogP contribution in [0.1, 0.15) is 16.7 Å². The van der Waals surface area contributed by atoms with Gasteiger partial charge in [0.25, 0.3) is 0 Å². The molecule has 1 radical (unpaired) electrons. The Hall–Kier alpha value is -0.760. The lowest BCUT2D eigenvalue weighted by Gasteiger charge is -2.07. The third kappa shape index (κ3) is 1.31. The zero-order valence-electron chi connectivity index (χ0n) is 6.93. The molecule has 1 rings (SSSR count). The summed E-state index contributed by atoms with van der Waals surface area (Å²) in [6.07, 6.45) is 0. The molecule has 2 heteroatoms. The van der Waals surface area contributed by atoms with Gasteiger partial charge in [0.2, 0.25) is 0 Å². The van der Waals surface area contributed by atoms with Gasteiger partial charge in [0, 0.05) is 4.90 Å². The second-order valence-electron chi connectivity index (χ2n) is 2.79. The number of phenols is 1. The molecule has 0 bridgehead atoms. The molecule has 0 spiro atoms. The minimum absolute atomic E-state index is 0.371. The van der Waals surface area contributed by atoms with Crippen LogP contribution in [-0.4, -0.2) is 5.11 Å². The summed E-state index contributed by atoms with van der Waals surface area (Å²) in [5.41, 5.74) is 2.76. The number of aromatic hydroxyl groups is 1. The highest BCUT2D eigenvalue weighted by Gasteiger charge is 2.06. The molecule has 0 aromatic heterocycles. The van der Waals surface area contributed by atoms with Crippen molar-refractivity contribution in [2.24, 2.45) is 0 Å². The van der Waals surface area contributed by atoms with E-state index in [2.05, 4.69) is 0 Å². The molecule has 0 fully saturated rings. The lowest BCUT2D eigenvalue weighted by molar-refractivity contribution is 0.465. The molecule has 0 aliphatic heterocycles. The molecule has 0 aliphatic carbocycles. The van der Waals surface area contributed by atoms with Gasteiger partial charge in [-0.2, -0.15) is 0 Å². The van der Waals surface area contributed by atoms with Gasteiger partial charge in [-0.25, -0.2) is 0 Å². The van der Waals surface area contributed by atoms with Crippen LogP contribution in [0.5, 0.6) is 5.75 Å². The van der Waals surface area contributed by atoms with Gasteiger partial charge in [-0.05, 0) is 43.5 Å². The molecule has 0 saturated carbocycles. The number of phenolic OH excluding ortho intramolecular Hbond substituents is 1. The van der Waals surface area contributed by atoms with Crippen molar-refractivity contribution in [3.8, 4) is 5.75 Å². The van der Waals surface area contributed by atoms with Crippen molar-refractivity contribution < 1.29 is 5.11 Å². The van der Waals surface area contributed by atoms with E-state index in [1.54, 1.807) is 0 Å². The van der Waals surface area contributed by atoms with Gasteiger partial charge in [-0.1, -0.05) is 12.6 Å². The molecule has 0 heterocycles. The smallest absolute Gasteiger partial charge is 0.121 e. The zero-order chi connectivity index (χ0) is 8.59. The molecule has 0 aliphatic rings. The third-order valence-electron chi connectivity index (χ3n) is 2.01. The van der Waals surface area contributed by atoms with Crippen LogP contribution in [0.3, 0.4) is 0 Å². The molecular weight excluding hydrogens is 156 g/mol. The Labute approximate surface area is 72.5 Å². The summed E-state index contributed by atoms with van der Waals surface area (Å²) < 4.78 is 0. The molecule has 59 valence electrons. The van der Waals surface area contributed by atoms with Gasteiger partial charge < -0.3 is 5.11 Å². The van der Waals surface area contributed by atoms with E-state index in [0.29, 0.717) is 5.75 Å². The highest BCUT2D eigenvalue weighted by molar-refractivity contribution is 7.80. The van der Waals surface area contributed by atoms with Crippen LogP contribution in [0.4, 0.5) is 0 Å². The molecule has 0 unspecified atom stereocenters. The van der Waals surface area contributed by atoms with Crippen molar-refractivity contribution in [3.05, 3.63) is 22.8 Å². The van der Waals surface area contributed by atoms with Gasteiger partial charge in [0.05, 0.1) is 0 Å². The average molecular weight is 167 g/mol. The van der Waals surface area contributed by atoms with E-state index in [1.165, 1.54) is 0 Å². The van der Waals surface area contributed by atoms with Gasteiger partial charge >= 0.3 is 0 Å². The predicted octanol–water partition coefficient (Wildman–Crippen LogP) is 2.87. The Bertz CT molecular complexity index is 266. The number of rotatable bonds is 0. The van der Waals surface area contributed by atoms with Gasteiger partial charge in [-0.15, -0.1) is 0 Å². The van der Waals surface area contributed by atoms with Crippen LogP contribution in [0.25, 0.3) is 0 Å². The highest BCUT2D eigenvalue weighted by Crippen LogP contribution is 2.28. The highest BCUT2D eigenvalue weighted by atomic mass is 32.1. The second kappa shape index (κ2) is 2.70. The Morgan fingerprint density at radius 3 is 2.27 bits per heavy atom. The van der Waals surface area contributed by atoms with Crippen LogP contribution in [-0.2, 0) is 0 Å². The number of aryl methyl sites for hydroxylation is 1. The van der Waals surface area contributed by atoms with Crippen LogP contribution < -0.4 is 0 Å². The van der Waals surface area contributed by atoms with Crippen molar-refractivity contribution in [3.63, 3.8) is 0 Å². The molecule has 0 amide bonds. The second-order valence-corrected chi connectivity index (χ2v) is 3.23. The maximum Gasteiger partial charge on any atom is 0.121 e. The van der Waals surface area contributed by atoms with Crippen molar-refractivity contribution in [1.29, 1.82) is 0 Å². The summed E-state index contributed by atoms with van der Waals surface area (Å²) in [7, 11) is 0. The molecule has 0 saturated heterocycles. The molecular formula is C9H11OS. The standard InChI is InChI=1S/C9H11OS/c1-5-4-8(11)6(2)7(3)9(5)10/h4,10H,1-3H3. The third-order valence-corrected chi connectivity index (χ3v) is 2.43. The Balaban J connectivity index is 3.46. The molecule has 1 aromatic rings. The summed E-state index contributed by atoms with van der Waals surface area (Å²) >= 11 is 5.08. The Morgan fingerprint density at radius 2 is 1.73 bits per heavy atom. The van der Waals surface area contributed by atoms with Crippen LogP contribution in [0.2, 0.25) is 0 Å². The van der Waals surface area contributed by atoms with E-state index in [-0.39, 0.29) is 0 Å². The Morgan fingerprint density at radius 1 is 1.18 bits per heavy atom. The van der Waals surface area contributed by atoms with Crippen LogP contribution in [0.15, 0.2) is 11.0 Å². The molecule has 0 atom stereocenters. The van der Waals surface area contributed by atoms with E-state index < -0.39 is 0 Å². The fourth-order valence-corrected chi connectivity index (χ4v) is 1.36. The van der Waals surface area contributed by atoms with Crippen LogP contribution in [0, 0.1) is 20.8 Å². The van der Waals surface area contributed by atoms with Gasteiger partial charge in [0.15, 0.2) is 0 Å². The van der Waals surface area contributed by atoms with E-state index in [9.17, 15) is 5.11 Å². The van der Waals surface area contributed by atoms with Crippen molar-refractivity contribution >= 4 is 12.6 Å². The van der Waals surface area contributed by atoms with Crippen LogP contribution >= 0.6 is 12.6 Å². The number of hydrogen-bond acceptors (Lipinski definition) is 1. The van der Waals surface area contributed by atoms with E-state index in [0.717, 1.165) is 21.6 Å². The number of benzene rings is 1.